The molecule has 4 nitrogen and oxygen atoms in total. The first-order chi connectivity index (χ1) is 8.08. The first-order valence-electron chi connectivity index (χ1n) is 4.47. The lowest BCUT2D eigenvalue weighted by Crippen LogP contribution is -2.02. The van der Waals surface area contributed by atoms with Crippen LogP contribution in [0.2, 0.25) is 0 Å². The zero-order valence-electron chi connectivity index (χ0n) is 8.28. The lowest BCUT2D eigenvalue weighted by atomic mass is 10.3. The largest absolute Gasteiger partial charge is 0.476 e. The first kappa shape index (κ1) is 11.5. The number of carboxylic acids is 1. The second-order valence-electron chi connectivity index (χ2n) is 3.08. The van der Waals surface area contributed by atoms with E-state index in [1.807, 2.05) is 0 Å². The zero-order valence-corrected chi connectivity index (χ0v) is 9.09. The quantitative estimate of drug-likeness (QED) is 0.886. The fourth-order valence-corrected chi connectivity index (χ4v) is 1.89. The fraction of sp³-hybridized carbons (Fsp3) is 0. The molecule has 2 aromatic rings. The highest BCUT2D eigenvalue weighted by Crippen LogP contribution is 2.26. The number of nitrogens with zero attached hydrogens (tertiary/aromatic N) is 1. The topological polar surface area (TPSA) is 62.2 Å². The molecule has 2 N–H and O–H groups in total. The van der Waals surface area contributed by atoms with Crippen molar-refractivity contribution in [2.75, 3.05) is 5.32 Å². The van der Waals surface area contributed by atoms with Crippen molar-refractivity contribution in [2.24, 2.45) is 0 Å². The Labute approximate surface area is 98.6 Å². The molecule has 1 aromatic carbocycles. The summed E-state index contributed by atoms with van der Waals surface area (Å²) in [5.74, 6) is -2.52. The Balaban J connectivity index is 2.34. The van der Waals surface area contributed by atoms with Crippen LogP contribution >= 0.6 is 11.3 Å². The molecule has 0 amide bonds. The number of hydrogen-bond donors (Lipinski definition) is 2. The Kier molecular flexibility index (Phi) is 3.01. The first-order valence-corrected chi connectivity index (χ1v) is 5.35. The number of halogens is 2. The summed E-state index contributed by atoms with van der Waals surface area (Å²) in [6.07, 6.45) is 0. The van der Waals surface area contributed by atoms with E-state index in [2.05, 4.69) is 10.3 Å². The van der Waals surface area contributed by atoms with Gasteiger partial charge >= 0.3 is 5.97 Å². The van der Waals surface area contributed by atoms with Crippen LogP contribution in [0.25, 0.3) is 0 Å². The smallest absolute Gasteiger partial charge is 0.357 e. The molecule has 0 aliphatic heterocycles. The lowest BCUT2D eigenvalue weighted by Gasteiger charge is -2.05. The monoisotopic (exact) mass is 256 g/mol. The van der Waals surface area contributed by atoms with Crippen LogP contribution in [-0.2, 0) is 0 Å². The molecule has 0 saturated heterocycles. The number of thiazole rings is 1. The maximum absolute atomic E-state index is 13.3. The number of hydrogen-bond acceptors (Lipinski definition) is 4. The van der Waals surface area contributed by atoms with Gasteiger partial charge in [0.05, 0.1) is 11.2 Å². The van der Waals surface area contributed by atoms with E-state index in [9.17, 15) is 13.6 Å². The molecule has 0 aliphatic carbocycles. The Morgan fingerprint density at radius 3 is 2.88 bits per heavy atom. The predicted octanol–water partition coefficient (Wildman–Crippen LogP) is 2.86. The summed E-state index contributed by atoms with van der Waals surface area (Å²) in [4.78, 5) is 14.4. The Bertz CT molecular complexity index is 571. The number of aromatic nitrogens is 1. The van der Waals surface area contributed by atoms with Crippen molar-refractivity contribution in [1.29, 1.82) is 0 Å². The summed E-state index contributed by atoms with van der Waals surface area (Å²) < 4.78 is 26.2. The maximum Gasteiger partial charge on any atom is 0.357 e. The Morgan fingerprint density at radius 2 is 2.18 bits per heavy atom. The maximum atomic E-state index is 13.3. The third kappa shape index (κ3) is 2.39. The molecule has 0 fully saturated rings. The van der Waals surface area contributed by atoms with E-state index in [0.29, 0.717) is 0 Å². The third-order valence-corrected chi connectivity index (χ3v) is 2.69. The summed E-state index contributed by atoms with van der Waals surface area (Å²) in [6.45, 7) is 0. The van der Waals surface area contributed by atoms with E-state index in [-0.39, 0.29) is 16.4 Å². The SMILES string of the molecule is O=C(O)c1ncsc1Nc1cc(F)ccc1F. The van der Waals surface area contributed by atoms with Gasteiger partial charge in [-0.3, -0.25) is 0 Å². The molecule has 2 rings (SSSR count). The molecule has 0 saturated carbocycles. The summed E-state index contributed by atoms with van der Waals surface area (Å²) in [5, 5.41) is 11.5. The van der Waals surface area contributed by atoms with E-state index in [4.69, 9.17) is 5.11 Å². The number of rotatable bonds is 3. The third-order valence-electron chi connectivity index (χ3n) is 1.95. The molecule has 1 aromatic heterocycles. The highest BCUT2D eigenvalue weighted by Gasteiger charge is 2.15. The van der Waals surface area contributed by atoms with Crippen LogP contribution in [0, 0.1) is 11.6 Å². The van der Waals surface area contributed by atoms with Gasteiger partial charge in [-0.15, -0.1) is 11.3 Å². The van der Waals surface area contributed by atoms with Gasteiger partial charge in [0, 0.05) is 6.07 Å². The van der Waals surface area contributed by atoms with Gasteiger partial charge in [-0.1, -0.05) is 0 Å². The van der Waals surface area contributed by atoms with E-state index in [1.165, 1.54) is 5.51 Å². The second-order valence-corrected chi connectivity index (χ2v) is 3.94. The van der Waals surface area contributed by atoms with Crippen molar-refractivity contribution in [3.05, 3.63) is 41.0 Å². The molecule has 0 bridgehead atoms. The number of carbonyl (C=O) groups is 1. The number of carboxylic acid groups (broad SMARTS) is 1. The van der Waals surface area contributed by atoms with Crippen molar-refractivity contribution in [1.82, 2.24) is 4.98 Å². The summed E-state index contributed by atoms with van der Waals surface area (Å²) >= 11 is 0.995. The number of benzene rings is 1. The van der Waals surface area contributed by atoms with E-state index >= 15 is 0 Å². The van der Waals surface area contributed by atoms with Crippen molar-refractivity contribution < 1.29 is 18.7 Å². The fourth-order valence-electron chi connectivity index (χ4n) is 1.20. The van der Waals surface area contributed by atoms with Crippen molar-refractivity contribution in [2.45, 2.75) is 0 Å². The molecule has 7 heteroatoms. The summed E-state index contributed by atoms with van der Waals surface area (Å²) in [7, 11) is 0. The van der Waals surface area contributed by atoms with E-state index < -0.39 is 17.6 Å². The van der Waals surface area contributed by atoms with Crippen LogP contribution in [0.5, 0.6) is 0 Å². The van der Waals surface area contributed by atoms with Gasteiger partial charge in [0.2, 0.25) is 0 Å². The van der Waals surface area contributed by atoms with Gasteiger partial charge in [0.1, 0.15) is 16.6 Å². The van der Waals surface area contributed by atoms with Gasteiger partial charge < -0.3 is 10.4 Å². The van der Waals surface area contributed by atoms with Crippen molar-refractivity contribution in [3.8, 4) is 0 Å². The number of nitrogens with one attached hydrogen (secondary N) is 1. The van der Waals surface area contributed by atoms with Gasteiger partial charge in [-0.05, 0) is 12.1 Å². The van der Waals surface area contributed by atoms with Gasteiger partial charge in [0.25, 0.3) is 0 Å². The van der Waals surface area contributed by atoms with E-state index in [1.54, 1.807) is 0 Å². The van der Waals surface area contributed by atoms with Crippen molar-refractivity contribution >= 4 is 28.0 Å². The minimum absolute atomic E-state index is 0.128. The lowest BCUT2D eigenvalue weighted by molar-refractivity contribution is 0.0692. The van der Waals surface area contributed by atoms with Crippen LogP contribution in [-0.4, -0.2) is 16.1 Å². The molecule has 0 unspecified atom stereocenters. The minimum atomic E-state index is -1.23. The molecule has 0 radical (unpaired) electrons. The normalized spacial score (nSPS) is 10.2. The zero-order chi connectivity index (χ0) is 12.4. The van der Waals surface area contributed by atoms with Crippen molar-refractivity contribution in [3.63, 3.8) is 0 Å². The minimum Gasteiger partial charge on any atom is -0.476 e. The summed E-state index contributed by atoms with van der Waals surface area (Å²) in [5.41, 5.74) is 0.957. The molecular formula is C10H6F2N2O2S. The van der Waals surface area contributed by atoms with Crippen LogP contribution in [0.1, 0.15) is 10.5 Å². The average molecular weight is 256 g/mol. The molecule has 0 aliphatic rings. The van der Waals surface area contributed by atoms with Gasteiger partial charge in [-0.2, -0.15) is 0 Å². The van der Waals surface area contributed by atoms with Crippen LogP contribution in [0.15, 0.2) is 23.7 Å². The average Bonchev–Trinajstić information content (AvgIpc) is 2.71. The molecular weight excluding hydrogens is 250 g/mol. The van der Waals surface area contributed by atoms with Gasteiger partial charge in [0.15, 0.2) is 5.69 Å². The predicted molar refractivity (Wildman–Crippen MR) is 58.7 cm³/mol. The molecule has 1 heterocycles. The highest BCUT2D eigenvalue weighted by molar-refractivity contribution is 7.14. The van der Waals surface area contributed by atoms with Gasteiger partial charge in [-0.25, -0.2) is 18.6 Å². The Morgan fingerprint density at radius 1 is 1.41 bits per heavy atom. The molecule has 0 spiro atoms. The Hall–Kier alpha value is -2.02. The number of anilines is 2. The second kappa shape index (κ2) is 4.46. The van der Waals surface area contributed by atoms with Crippen LogP contribution in [0.3, 0.4) is 0 Å². The van der Waals surface area contributed by atoms with Crippen LogP contribution in [0.4, 0.5) is 19.5 Å². The summed E-state index contributed by atoms with van der Waals surface area (Å²) in [6, 6.07) is 2.88. The highest BCUT2D eigenvalue weighted by atomic mass is 32.1. The van der Waals surface area contributed by atoms with Crippen LogP contribution < -0.4 is 5.32 Å². The number of aromatic carboxylic acids is 1. The molecule has 17 heavy (non-hydrogen) atoms. The van der Waals surface area contributed by atoms with E-state index in [0.717, 1.165) is 29.5 Å². The molecule has 0 atom stereocenters. The molecule has 88 valence electrons. The standard InChI is InChI=1S/C10H6F2N2O2S/c11-5-1-2-6(12)7(3-5)14-9-8(10(15)16)13-4-17-9/h1-4,14H,(H,15,16).